The molecular formula is C25H49N2+. The average molecular weight is 378 g/mol. The summed E-state index contributed by atoms with van der Waals surface area (Å²) in [7, 11) is 0. The number of aromatic nitrogens is 2. The van der Waals surface area contributed by atoms with Crippen LogP contribution >= 0.6 is 0 Å². The van der Waals surface area contributed by atoms with Crippen LogP contribution in [0.4, 0.5) is 0 Å². The fraction of sp³-hybridized carbons (Fsp3) is 0.880. The monoisotopic (exact) mass is 377 g/mol. The van der Waals surface area contributed by atoms with Gasteiger partial charge in [-0.15, -0.1) is 0 Å². The smallest absolute Gasteiger partial charge is 0.234 e. The summed E-state index contributed by atoms with van der Waals surface area (Å²) in [5, 5.41) is 0. The standard InChI is InChI=1S/C25H49N2/c1-5-7-9-10-11-12-13-14-15-16-17-18-19-21-27-23-22-26(20-8-6-2)25(27)24(3)4/h22-24H,5-21H2,1-4H3/q+1. The van der Waals surface area contributed by atoms with Crippen LogP contribution in [0, 0.1) is 0 Å². The fourth-order valence-electron chi connectivity index (χ4n) is 4.15. The van der Waals surface area contributed by atoms with Gasteiger partial charge in [0.15, 0.2) is 0 Å². The summed E-state index contributed by atoms with van der Waals surface area (Å²) in [6, 6.07) is 0. The van der Waals surface area contributed by atoms with Crippen LogP contribution < -0.4 is 4.57 Å². The Hall–Kier alpha value is -0.790. The summed E-state index contributed by atoms with van der Waals surface area (Å²) in [5.41, 5.74) is 0. The van der Waals surface area contributed by atoms with Crippen LogP contribution in [-0.2, 0) is 13.1 Å². The van der Waals surface area contributed by atoms with Gasteiger partial charge in [0, 0.05) is 0 Å². The lowest BCUT2D eigenvalue weighted by atomic mass is 10.0. The van der Waals surface area contributed by atoms with Crippen LogP contribution in [0.3, 0.4) is 0 Å². The van der Waals surface area contributed by atoms with E-state index in [1.807, 2.05) is 0 Å². The van der Waals surface area contributed by atoms with Gasteiger partial charge in [0.1, 0.15) is 12.4 Å². The molecule has 0 fully saturated rings. The molecule has 0 amide bonds. The highest BCUT2D eigenvalue weighted by atomic mass is 15.1. The van der Waals surface area contributed by atoms with E-state index in [9.17, 15) is 0 Å². The zero-order valence-corrected chi connectivity index (χ0v) is 19.1. The highest BCUT2D eigenvalue weighted by molar-refractivity contribution is 4.89. The Labute approximate surface area is 170 Å². The lowest BCUT2D eigenvalue weighted by Crippen LogP contribution is -2.38. The molecule has 1 aromatic heterocycles. The number of rotatable bonds is 18. The maximum atomic E-state index is 2.51. The lowest BCUT2D eigenvalue weighted by Gasteiger charge is -2.08. The topological polar surface area (TPSA) is 8.81 Å². The normalized spacial score (nSPS) is 11.6. The molecule has 158 valence electrons. The van der Waals surface area contributed by atoms with E-state index in [0.717, 1.165) is 0 Å². The molecule has 0 unspecified atom stereocenters. The van der Waals surface area contributed by atoms with Crippen LogP contribution in [-0.4, -0.2) is 4.57 Å². The first-order valence-electron chi connectivity index (χ1n) is 12.3. The zero-order valence-electron chi connectivity index (χ0n) is 19.1. The van der Waals surface area contributed by atoms with E-state index in [2.05, 4.69) is 49.2 Å². The first-order valence-corrected chi connectivity index (χ1v) is 12.3. The van der Waals surface area contributed by atoms with Gasteiger partial charge in [0.25, 0.3) is 5.82 Å². The van der Waals surface area contributed by atoms with E-state index in [1.54, 1.807) is 0 Å². The van der Waals surface area contributed by atoms with Crippen molar-refractivity contribution in [1.82, 2.24) is 4.57 Å². The molecule has 0 radical (unpaired) electrons. The summed E-state index contributed by atoms with van der Waals surface area (Å²) < 4.78 is 5.00. The third-order valence-corrected chi connectivity index (χ3v) is 5.79. The Morgan fingerprint density at radius 1 is 0.704 bits per heavy atom. The molecule has 0 bridgehead atoms. The molecule has 0 saturated heterocycles. The second-order valence-electron chi connectivity index (χ2n) is 8.79. The first kappa shape index (κ1) is 24.2. The third-order valence-electron chi connectivity index (χ3n) is 5.79. The number of hydrogen-bond acceptors (Lipinski definition) is 0. The minimum absolute atomic E-state index is 0.610. The Bertz CT molecular complexity index is 447. The molecule has 0 aromatic carbocycles. The quantitative estimate of drug-likeness (QED) is 0.182. The van der Waals surface area contributed by atoms with Crippen molar-refractivity contribution in [2.75, 3.05) is 0 Å². The van der Waals surface area contributed by atoms with Crippen molar-refractivity contribution < 1.29 is 4.57 Å². The van der Waals surface area contributed by atoms with Gasteiger partial charge in [0.2, 0.25) is 0 Å². The van der Waals surface area contributed by atoms with Gasteiger partial charge in [-0.1, -0.05) is 105 Å². The summed E-state index contributed by atoms with van der Waals surface area (Å²) in [5.74, 6) is 2.13. The van der Waals surface area contributed by atoms with Crippen LogP contribution in [0.1, 0.15) is 136 Å². The highest BCUT2D eigenvalue weighted by Gasteiger charge is 2.19. The van der Waals surface area contributed by atoms with Gasteiger partial charge in [-0.05, 0) is 19.3 Å². The Kier molecular flexibility index (Phi) is 14.5. The van der Waals surface area contributed by atoms with Crippen molar-refractivity contribution in [3.05, 3.63) is 18.2 Å². The second-order valence-corrected chi connectivity index (χ2v) is 8.79. The van der Waals surface area contributed by atoms with Crippen molar-refractivity contribution >= 4 is 0 Å². The molecule has 0 aliphatic heterocycles. The number of hydrogen-bond donors (Lipinski definition) is 0. The van der Waals surface area contributed by atoms with Gasteiger partial charge in [0.05, 0.1) is 19.0 Å². The SMILES string of the molecule is CCCCCCCCCCCCCCC[n+]1ccn(CCCC)c1C(C)C. The third kappa shape index (κ3) is 11.0. The highest BCUT2D eigenvalue weighted by Crippen LogP contribution is 2.14. The fourth-order valence-corrected chi connectivity index (χ4v) is 4.15. The second kappa shape index (κ2) is 16.2. The van der Waals surface area contributed by atoms with Gasteiger partial charge < -0.3 is 0 Å². The van der Waals surface area contributed by atoms with Crippen LogP contribution in [0.2, 0.25) is 0 Å². The van der Waals surface area contributed by atoms with Gasteiger partial charge in [-0.2, -0.15) is 0 Å². The van der Waals surface area contributed by atoms with E-state index in [0.29, 0.717) is 5.92 Å². The van der Waals surface area contributed by atoms with Crippen molar-refractivity contribution in [3.8, 4) is 0 Å². The Morgan fingerprint density at radius 2 is 1.19 bits per heavy atom. The van der Waals surface area contributed by atoms with Crippen molar-refractivity contribution in [2.24, 2.45) is 0 Å². The molecule has 0 N–H and O–H groups in total. The molecular weight excluding hydrogens is 328 g/mol. The molecule has 0 aliphatic rings. The molecule has 0 atom stereocenters. The van der Waals surface area contributed by atoms with Crippen LogP contribution in [0.5, 0.6) is 0 Å². The van der Waals surface area contributed by atoms with E-state index in [4.69, 9.17) is 0 Å². The first-order chi connectivity index (χ1) is 13.2. The van der Waals surface area contributed by atoms with Crippen LogP contribution in [0.15, 0.2) is 12.4 Å². The molecule has 0 aliphatic carbocycles. The molecule has 2 heteroatoms. The van der Waals surface area contributed by atoms with E-state index in [-0.39, 0.29) is 0 Å². The molecule has 2 nitrogen and oxygen atoms in total. The van der Waals surface area contributed by atoms with Crippen LogP contribution in [0.25, 0.3) is 0 Å². The minimum Gasteiger partial charge on any atom is -0.234 e. The van der Waals surface area contributed by atoms with E-state index >= 15 is 0 Å². The van der Waals surface area contributed by atoms with Gasteiger partial charge in [-0.3, -0.25) is 0 Å². The lowest BCUT2D eigenvalue weighted by molar-refractivity contribution is -0.705. The Morgan fingerprint density at radius 3 is 1.67 bits per heavy atom. The number of unbranched alkanes of at least 4 members (excludes halogenated alkanes) is 13. The zero-order chi connectivity index (χ0) is 19.7. The summed E-state index contributed by atoms with van der Waals surface area (Å²) in [4.78, 5) is 0. The number of imidazole rings is 1. The maximum absolute atomic E-state index is 2.51. The molecule has 1 rings (SSSR count). The van der Waals surface area contributed by atoms with Gasteiger partial charge >= 0.3 is 0 Å². The average Bonchev–Trinajstić information content (AvgIpc) is 3.06. The maximum Gasteiger partial charge on any atom is 0.258 e. The number of aryl methyl sites for hydroxylation is 2. The molecule has 27 heavy (non-hydrogen) atoms. The largest absolute Gasteiger partial charge is 0.258 e. The number of nitrogens with zero attached hydrogens (tertiary/aromatic N) is 2. The summed E-state index contributed by atoms with van der Waals surface area (Å²) in [6.07, 6.45) is 25.8. The van der Waals surface area contributed by atoms with Gasteiger partial charge in [-0.25, -0.2) is 9.13 Å². The van der Waals surface area contributed by atoms with Crippen molar-refractivity contribution in [1.29, 1.82) is 0 Å². The van der Waals surface area contributed by atoms with E-state index in [1.165, 1.54) is 115 Å². The van der Waals surface area contributed by atoms with Crippen molar-refractivity contribution in [3.63, 3.8) is 0 Å². The van der Waals surface area contributed by atoms with Crippen molar-refractivity contribution in [2.45, 2.75) is 143 Å². The predicted molar refractivity (Wildman–Crippen MR) is 119 cm³/mol. The molecule has 1 aromatic rings. The van der Waals surface area contributed by atoms with E-state index < -0.39 is 0 Å². The summed E-state index contributed by atoms with van der Waals surface area (Å²) >= 11 is 0. The predicted octanol–water partition coefficient (Wildman–Crippen LogP) is 7.79. The minimum atomic E-state index is 0.610. The molecule has 0 spiro atoms. The Balaban J connectivity index is 2.06. The molecule has 0 saturated carbocycles. The molecule has 1 heterocycles. The summed E-state index contributed by atoms with van der Waals surface area (Å²) in [6.45, 7) is 11.6.